The summed E-state index contributed by atoms with van der Waals surface area (Å²) in [6, 6.07) is -1.47. The van der Waals surface area contributed by atoms with E-state index in [4.69, 9.17) is 9.29 Å². The molecule has 0 spiro atoms. The summed E-state index contributed by atoms with van der Waals surface area (Å²) in [5.74, 6) is -0.201. The number of Topliss-reactive ketones (excluding diaryl/α,β-unsaturated/α-hetero) is 1. The van der Waals surface area contributed by atoms with Crippen LogP contribution in [0.5, 0.6) is 0 Å². The predicted molar refractivity (Wildman–Crippen MR) is 84.8 cm³/mol. The van der Waals surface area contributed by atoms with Crippen LogP contribution < -0.4 is 5.32 Å². The van der Waals surface area contributed by atoms with E-state index >= 15 is 0 Å². The number of carbonyl (C=O) groups excluding carboxylic acids is 2. The minimum Gasteiger partial charge on any atom is -0.370 e. The Balaban J connectivity index is 1.55. The zero-order valence-corrected chi connectivity index (χ0v) is 14.8. The normalized spacial score (nSPS) is 32.5. The fourth-order valence-corrected chi connectivity index (χ4v) is 4.20. The number of carbonyl (C=O) groups is 2. The predicted octanol–water partition coefficient (Wildman–Crippen LogP) is -0.284. The summed E-state index contributed by atoms with van der Waals surface area (Å²) in [6.45, 7) is 0.120. The molecular weight excluding hydrogens is 354 g/mol. The zero-order chi connectivity index (χ0) is 18.2. The van der Waals surface area contributed by atoms with Crippen LogP contribution in [-0.2, 0) is 24.2 Å². The van der Waals surface area contributed by atoms with Gasteiger partial charge in [-0.3, -0.25) is 9.35 Å². The second-order valence-corrected chi connectivity index (χ2v) is 7.71. The third-order valence-electron chi connectivity index (χ3n) is 5.12. The van der Waals surface area contributed by atoms with E-state index in [2.05, 4.69) is 9.60 Å². The number of hydroxylamine groups is 2. The van der Waals surface area contributed by atoms with Gasteiger partial charge in [-0.1, -0.05) is 0 Å². The Bertz CT molecular complexity index is 640. The van der Waals surface area contributed by atoms with Gasteiger partial charge in [0.1, 0.15) is 6.61 Å². The third-order valence-corrected chi connectivity index (χ3v) is 5.47. The van der Waals surface area contributed by atoms with Gasteiger partial charge in [-0.2, -0.15) is 13.5 Å². The van der Waals surface area contributed by atoms with Crippen molar-refractivity contribution in [1.29, 1.82) is 0 Å². The van der Waals surface area contributed by atoms with Crippen LogP contribution in [0.15, 0.2) is 0 Å². The van der Waals surface area contributed by atoms with E-state index in [9.17, 15) is 18.0 Å². The van der Waals surface area contributed by atoms with Gasteiger partial charge < -0.3 is 15.0 Å². The smallest absolute Gasteiger partial charge is 0.370 e. The number of ether oxygens (including phenoxy) is 1. The molecule has 1 saturated carbocycles. The van der Waals surface area contributed by atoms with E-state index in [1.807, 2.05) is 7.05 Å². The maximum absolute atomic E-state index is 12.5. The van der Waals surface area contributed by atoms with E-state index in [0.29, 0.717) is 23.9 Å². The first-order chi connectivity index (χ1) is 11.8. The molecule has 10 nitrogen and oxygen atoms in total. The average molecular weight is 377 g/mol. The Morgan fingerprint density at radius 3 is 2.72 bits per heavy atom. The Morgan fingerprint density at radius 2 is 2.08 bits per heavy atom. The number of nitrogens with one attached hydrogen (secondary N) is 1. The van der Waals surface area contributed by atoms with Gasteiger partial charge in [0.2, 0.25) is 0 Å². The highest BCUT2D eigenvalue weighted by molar-refractivity contribution is 7.80. The van der Waals surface area contributed by atoms with Gasteiger partial charge in [0.05, 0.1) is 18.2 Å². The van der Waals surface area contributed by atoms with Crippen LogP contribution >= 0.6 is 0 Å². The summed E-state index contributed by atoms with van der Waals surface area (Å²) in [4.78, 5) is 26.0. The van der Waals surface area contributed by atoms with Gasteiger partial charge in [0.25, 0.3) is 0 Å². The molecule has 2 unspecified atom stereocenters. The van der Waals surface area contributed by atoms with Crippen molar-refractivity contribution < 1.29 is 31.6 Å². The van der Waals surface area contributed by atoms with Crippen LogP contribution in [0.25, 0.3) is 0 Å². The number of urea groups is 1. The molecule has 2 saturated heterocycles. The minimum absolute atomic E-state index is 0.0337. The topological polar surface area (TPSA) is 125 Å². The van der Waals surface area contributed by atoms with Crippen molar-refractivity contribution in [2.24, 2.45) is 0 Å². The van der Waals surface area contributed by atoms with Crippen molar-refractivity contribution >= 4 is 22.2 Å². The standard InChI is InChI=1S/C14H23N3O7S/c1-15-9-2-4-11(6-9)23-8-13(18)12-5-3-10-7-16(12)14(19)17(10)24-25(20,21)22/h9-12,15H,2-8H2,1H3,(H,20,21,22)/t9?,10-,11?,12-/m0/s1. The van der Waals surface area contributed by atoms with Crippen LogP contribution in [0.2, 0.25) is 0 Å². The first kappa shape index (κ1) is 18.5. The van der Waals surface area contributed by atoms with Crippen molar-refractivity contribution in [2.45, 2.75) is 56.3 Å². The molecule has 0 aromatic rings. The second-order valence-electron chi connectivity index (χ2n) is 6.71. The van der Waals surface area contributed by atoms with Gasteiger partial charge in [-0.25, -0.2) is 4.79 Å². The monoisotopic (exact) mass is 377 g/mol. The number of ketones is 1. The van der Waals surface area contributed by atoms with E-state index in [1.54, 1.807) is 0 Å². The number of nitrogens with zero attached hydrogens (tertiary/aromatic N) is 2. The molecule has 2 amide bonds. The number of hydrogen-bond donors (Lipinski definition) is 2. The number of fused-ring (bicyclic) bond motifs is 2. The Hall–Kier alpha value is -1.27. The fourth-order valence-electron chi connectivity index (χ4n) is 3.82. The lowest BCUT2D eigenvalue weighted by Gasteiger charge is -2.29. The van der Waals surface area contributed by atoms with Crippen molar-refractivity contribution in [1.82, 2.24) is 15.3 Å². The fraction of sp³-hybridized carbons (Fsp3) is 0.857. The van der Waals surface area contributed by atoms with Gasteiger partial charge in [0, 0.05) is 12.6 Å². The number of rotatable bonds is 7. The molecule has 2 heterocycles. The molecule has 3 aliphatic rings. The first-order valence-corrected chi connectivity index (χ1v) is 9.73. The lowest BCUT2D eigenvalue weighted by molar-refractivity contribution is -0.130. The molecular formula is C14H23N3O7S. The van der Waals surface area contributed by atoms with E-state index < -0.39 is 28.5 Å². The molecule has 3 fully saturated rings. The van der Waals surface area contributed by atoms with Crippen molar-refractivity contribution in [3.05, 3.63) is 0 Å². The van der Waals surface area contributed by atoms with Crippen molar-refractivity contribution in [3.63, 3.8) is 0 Å². The van der Waals surface area contributed by atoms with Gasteiger partial charge in [-0.05, 0) is 39.2 Å². The molecule has 1 aliphatic carbocycles. The number of piperidine rings is 1. The summed E-state index contributed by atoms with van der Waals surface area (Å²) < 4.78 is 40.5. The second kappa shape index (κ2) is 7.16. The summed E-state index contributed by atoms with van der Waals surface area (Å²) in [5, 5.41) is 3.83. The van der Waals surface area contributed by atoms with Crippen LogP contribution in [0.1, 0.15) is 32.1 Å². The molecule has 142 valence electrons. The molecule has 3 rings (SSSR count). The maximum Gasteiger partial charge on any atom is 0.418 e. The number of hydrogen-bond acceptors (Lipinski definition) is 7. The Morgan fingerprint density at radius 1 is 1.32 bits per heavy atom. The zero-order valence-electron chi connectivity index (χ0n) is 14.0. The van der Waals surface area contributed by atoms with E-state index in [-0.39, 0.29) is 25.0 Å². The molecule has 4 atom stereocenters. The summed E-state index contributed by atoms with van der Waals surface area (Å²) in [5.41, 5.74) is 0. The maximum atomic E-state index is 12.5. The van der Waals surface area contributed by atoms with Gasteiger partial charge in [0.15, 0.2) is 5.78 Å². The van der Waals surface area contributed by atoms with Crippen LogP contribution in [0, 0.1) is 0 Å². The molecule has 2 bridgehead atoms. The first-order valence-electron chi connectivity index (χ1n) is 8.37. The van der Waals surface area contributed by atoms with Gasteiger partial charge in [-0.15, -0.1) is 4.28 Å². The molecule has 2 N–H and O–H groups in total. The highest BCUT2D eigenvalue weighted by Gasteiger charge is 2.49. The van der Waals surface area contributed by atoms with Crippen LogP contribution in [-0.4, -0.2) is 79.2 Å². The molecule has 11 heteroatoms. The number of amides is 2. The van der Waals surface area contributed by atoms with E-state index in [0.717, 1.165) is 19.3 Å². The SMILES string of the molecule is CNC1CCC(OCC(=O)[C@@H]2CC[C@H]3CN2C(=O)N3OS(=O)(=O)O)C1. The quantitative estimate of drug-likeness (QED) is 0.580. The highest BCUT2D eigenvalue weighted by Crippen LogP contribution is 2.31. The highest BCUT2D eigenvalue weighted by atomic mass is 32.3. The van der Waals surface area contributed by atoms with Crippen molar-refractivity contribution in [2.75, 3.05) is 20.2 Å². The minimum atomic E-state index is -4.78. The lowest BCUT2D eigenvalue weighted by Crippen LogP contribution is -2.46. The lowest BCUT2D eigenvalue weighted by atomic mass is 9.98. The van der Waals surface area contributed by atoms with Gasteiger partial charge >= 0.3 is 16.4 Å². The summed E-state index contributed by atoms with van der Waals surface area (Å²) >= 11 is 0. The largest absolute Gasteiger partial charge is 0.418 e. The molecule has 0 aromatic carbocycles. The Kier molecular flexibility index (Phi) is 5.30. The van der Waals surface area contributed by atoms with Crippen LogP contribution in [0.4, 0.5) is 4.79 Å². The third kappa shape index (κ3) is 4.11. The summed E-state index contributed by atoms with van der Waals surface area (Å²) in [6.07, 6.45) is 3.62. The van der Waals surface area contributed by atoms with E-state index in [1.165, 1.54) is 4.90 Å². The summed E-state index contributed by atoms with van der Waals surface area (Å²) in [7, 11) is -2.88. The molecule has 0 radical (unpaired) electrons. The Labute approximate surface area is 146 Å². The van der Waals surface area contributed by atoms with Crippen molar-refractivity contribution in [3.8, 4) is 0 Å². The molecule has 25 heavy (non-hydrogen) atoms. The molecule has 2 aliphatic heterocycles. The van der Waals surface area contributed by atoms with Crippen LogP contribution in [0.3, 0.4) is 0 Å². The molecule has 0 aromatic heterocycles. The average Bonchev–Trinajstić information content (AvgIpc) is 3.11.